The van der Waals surface area contributed by atoms with Crippen LogP contribution in [0.25, 0.3) is 11.5 Å². The third kappa shape index (κ3) is 4.64. The number of aryl methyl sites for hydroxylation is 2. The number of piperidine rings is 1. The highest BCUT2D eigenvalue weighted by Crippen LogP contribution is 2.31. The Bertz CT molecular complexity index is 981. The van der Waals surface area contributed by atoms with Crippen molar-refractivity contribution in [3.05, 3.63) is 34.4 Å². The summed E-state index contributed by atoms with van der Waals surface area (Å²) >= 11 is 1.55. The number of aromatic nitrogens is 5. The summed E-state index contributed by atoms with van der Waals surface area (Å²) in [6.45, 7) is 5.89. The average molecular weight is 428 g/mol. The van der Waals surface area contributed by atoms with Gasteiger partial charge in [0.25, 0.3) is 5.89 Å². The molecular weight excluding hydrogens is 402 g/mol. The molecule has 4 rings (SSSR count). The Morgan fingerprint density at radius 2 is 2.13 bits per heavy atom. The van der Waals surface area contributed by atoms with Gasteiger partial charge in [-0.15, -0.1) is 11.3 Å². The second kappa shape index (κ2) is 9.29. The minimum atomic E-state index is -0.00726. The van der Waals surface area contributed by atoms with Crippen LogP contribution in [0.3, 0.4) is 0 Å². The fourth-order valence-electron chi connectivity index (χ4n) is 3.54. The predicted octanol–water partition coefficient (Wildman–Crippen LogP) is 2.78. The number of carbonyl (C=O) groups is 1. The fourth-order valence-corrected chi connectivity index (χ4v) is 4.10. The quantitative estimate of drug-likeness (QED) is 0.613. The van der Waals surface area contributed by atoms with Crippen LogP contribution in [0.1, 0.15) is 42.8 Å². The molecule has 0 radical (unpaired) electrons. The maximum Gasteiger partial charge on any atom is 0.263 e. The minimum Gasteiger partial charge on any atom is -0.356 e. The maximum atomic E-state index is 12.5. The zero-order valence-electron chi connectivity index (χ0n) is 17.2. The van der Waals surface area contributed by atoms with Gasteiger partial charge in [-0.25, -0.2) is 15.0 Å². The molecule has 0 saturated carbocycles. The van der Waals surface area contributed by atoms with Gasteiger partial charge >= 0.3 is 0 Å². The van der Waals surface area contributed by atoms with E-state index in [1.165, 1.54) is 0 Å². The summed E-state index contributed by atoms with van der Waals surface area (Å²) in [4.78, 5) is 32.4. The van der Waals surface area contributed by atoms with Crippen LogP contribution < -0.4 is 10.2 Å². The van der Waals surface area contributed by atoms with E-state index in [1.807, 2.05) is 12.3 Å². The van der Waals surface area contributed by atoms with E-state index < -0.39 is 0 Å². The largest absolute Gasteiger partial charge is 0.356 e. The number of amides is 1. The zero-order valence-corrected chi connectivity index (χ0v) is 18.0. The van der Waals surface area contributed by atoms with E-state index in [9.17, 15) is 4.79 Å². The summed E-state index contributed by atoms with van der Waals surface area (Å²) in [5.74, 6) is 2.69. The van der Waals surface area contributed by atoms with Crippen LogP contribution in [-0.2, 0) is 17.8 Å². The van der Waals surface area contributed by atoms with Gasteiger partial charge in [0.2, 0.25) is 5.91 Å². The smallest absolute Gasteiger partial charge is 0.263 e. The molecule has 0 bridgehead atoms. The summed E-state index contributed by atoms with van der Waals surface area (Å²) in [5.41, 5.74) is 0.738. The van der Waals surface area contributed by atoms with E-state index >= 15 is 0 Å². The van der Waals surface area contributed by atoms with Crippen molar-refractivity contribution in [1.29, 1.82) is 0 Å². The molecule has 1 amide bonds. The van der Waals surface area contributed by atoms with Gasteiger partial charge in [0.1, 0.15) is 22.2 Å². The molecule has 1 saturated heterocycles. The predicted molar refractivity (Wildman–Crippen MR) is 113 cm³/mol. The lowest BCUT2D eigenvalue weighted by Gasteiger charge is -2.32. The number of carbonyl (C=O) groups excluding carboxylic acids is 1. The van der Waals surface area contributed by atoms with Crippen LogP contribution in [0, 0.1) is 12.8 Å². The van der Waals surface area contributed by atoms with E-state index in [0.29, 0.717) is 24.1 Å². The molecule has 1 aliphatic heterocycles. The minimum absolute atomic E-state index is 0.00726. The molecule has 9 nitrogen and oxygen atoms in total. The number of hydrogen-bond acceptors (Lipinski definition) is 9. The molecular formula is C20H25N7O2S. The lowest BCUT2D eigenvalue weighted by atomic mass is 9.95. The number of rotatable bonds is 7. The Labute approximate surface area is 179 Å². The van der Waals surface area contributed by atoms with Gasteiger partial charge in [-0.3, -0.25) is 4.79 Å². The maximum absolute atomic E-state index is 12.5. The monoisotopic (exact) mass is 427 g/mol. The van der Waals surface area contributed by atoms with Crippen LogP contribution >= 0.6 is 11.3 Å². The highest BCUT2D eigenvalue weighted by molar-refractivity contribution is 7.09. The first-order valence-corrected chi connectivity index (χ1v) is 11.1. The van der Waals surface area contributed by atoms with Gasteiger partial charge in [0, 0.05) is 43.2 Å². The summed E-state index contributed by atoms with van der Waals surface area (Å²) < 4.78 is 5.46. The van der Waals surface area contributed by atoms with E-state index in [1.54, 1.807) is 23.7 Å². The van der Waals surface area contributed by atoms with Gasteiger partial charge in [-0.2, -0.15) is 4.98 Å². The van der Waals surface area contributed by atoms with Crippen molar-refractivity contribution in [2.75, 3.05) is 18.0 Å². The molecule has 158 valence electrons. The van der Waals surface area contributed by atoms with Crippen LogP contribution in [0.15, 0.2) is 22.3 Å². The molecule has 1 fully saturated rings. The first kappa shape index (κ1) is 20.4. The Morgan fingerprint density at radius 3 is 2.87 bits per heavy atom. The normalized spacial score (nSPS) is 14.8. The van der Waals surface area contributed by atoms with Gasteiger partial charge in [-0.1, -0.05) is 12.1 Å². The van der Waals surface area contributed by atoms with Crippen molar-refractivity contribution < 1.29 is 9.32 Å². The number of hydrogen-bond donors (Lipinski definition) is 1. The Balaban J connectivity index is 1.42. The van der Waals surface area contributed by atoms with E-state index in [2.05, 4.69) is 42.2 Å². The molecule has 1 N–H and O–H groups in total. The van der Waals surface area contributed by atoms with Gasteiger partial charge in [0.05, 0.1) is 6.54 Å². The summed E-state index contributed by atoms with van der Waals surface area (Å²) in [7, 11) is 0. The molecule has 3 aromatic rings. The first-order valence-electron chi connectivity index (χ1n) is 10.2. The Hall–Kier alpha value is -2.88. The fraction of sp³-hybridized carbons (Fsp3) is 0.500. The Kier molecular flexibility index (Phi) is 6.32. The van der Waals surface area contributed by atoms with E-state index in [-0.39, 0.29) is 11.8 Å². The average Bonchev–Trinajstić information content (AvgIpc) is 3.45. The van der Waals surface area contributed by atoms with Crippen molar-refractivity contribution in [3.8, 4) is 11.5 Å². The molecule has 0 aliphatic carbocycles. The topological polar surface area (TPSA) is 110 Å². The van der Waals surface area contributed by atoms with Crippen LogP contribution in [0.4, 0.5) is 5.82 Å². The van der Waals surface area contributed by atoms with E-state index in [4.69, 9.17) is 4.52 Å². The highest BCUT2D eigenvalue weighted by Gasteiger charge is 2.28. The lowest BCUT2D eigenvalue weighted by Crippen LogP contribution is -2.41. The molecule has 30 heavy (non-hydrogen) atoms. The first-order chi connectivity index (χ1) is 14.6. The number of thiazole rings is 1. The van der Waals surface area contributed by atoms with Crippen molar-refractivity contribution in [1.82, 2.24) is 30.4 Å². The number of anilines is 1. The van der Waals surface area contributed by atoms with Crippen molar-refractivity contribution in [2.45, 2.75) is 46.1 Å². The SMILES string of the molecule is CCCc1noc(-c2cnc(C)nc2N2CCC(C(=O)NCc3nccs3)CC2)n1. The summed E-state index contributed by atoms with van der Waals surface area (Å²) in [5, 5.41) is 9.89. The highest BCUT2D eigenvalue weighted by atomic mass is 32.1. The summed E-state index contributed by atoms with van der Waals surface area (Å²) in [6.07, 6.45) is 6.74. The van der Waals surface area contributed by atoms with Gasteiger partial charge in [0.15, 0.2) is 5.82 Å². The zero-order chi connectivity index (χ0) is 20.9. The van der Waals surface area contributed by atoms with Crippen LogP contribution in [0.2, 0.25) is 0 Å². The molecule has 10 heteroatoms. The molecule has 0 aromatic carbocycles. The van der Waals surface area contributed by atoms with Crippen molar-refractivity contribution in [2.24, 2.45) is 5.92 Å². The number of nitrogens with one attached hydrogen (secondary N) is 1. The van der Waals surface area contributed by atoms with Crippen molar-refractivity contribution >= 4 is 23.1 Å². The van der Waals surface area contributed by atoms with Crippen molar-refractivity contribution in [3.63, 3.8) is 0 Å². The molecule has 3 aromatic heterocycles. The molecule has 0 spiro atoms. The Morgan fingerprint density at radius 1 is 1.30 bits per heavy atom. The van der Waals surface area contributed by atoms with Gasteiger partial charge in [-0.05, 0) is 26.2 Å². The molecule has 1 aliphatic rings. The third-order valence-electron chi connectivity index (χ3n) is 5.12. The standard InChI is InChI=1S/C20H25N7O2S/c1-3-4-16-25-20(29-26-16)15-11-22-13(2)24-18(15)27-8-5-14(6-9-27)19(28)23-12-17-21-7-10-30-17/h7,10-11,14H,3-6,8-9,12H2,1-2H3,(H,23,28). The van der Waals surface area contributed by atoms with Crippen LogP contribution in [0.5, 0.6) is 0 Å². The van der Waals surface area contributed by atoms with Crippen LogP contribution in [-0.4, -0.2) is 44.1 Å². The second-order valence-electron chi connectivity index (χ2n) is 7.33. The second-order valence-corrected chi connectivity index (χ2v) is 8.30. The molecule has 4 heterocycles. The molecule has 0 atom stereocenters. The van der Waals surface area contributed by atoms with Gasteiger partial charge < -0.3 is 14.7 Å². The van der Waals surface area contributed by atoms with E-state index in [0.717, 1.165) is 55.2 Å². The number of nitrogens with zero attached hydrogens (tertiary/aromatic N) is 6. The summed E-state index contributed by atoms with van der Waals surface area (Å²) in [6, 6.07) is 0. The molecule has 0 unspecified atom stereocenters. The third-order valence-corrected chi connectivity index (χ3v) is 5.90. The lowest BCUT2D eigenvalue weighted by molar-refractivity contribution is -0.125.